The number of ether oxygens (including phenoxy) is 1. The van der Waals surface area contributed by atoms with E-state index >= 15 is 0 Å². The zero-order chi connectivity index (χ0) is 16.3. The number of nitrogens with zero attached hydrogens (tertiary/aromatic N) is 3. The Hall–Kier alpha value is -2.38. The number of likely N-dealkylation sites (tertiary alicyclic amines) is 1. The lowest BCUT2D eigenvalue weighted by molar-refractivity contribution is -0.149. The number of aromatic nitrogens is 2. The number of aryl methyl sites for hydroxylation is 1. The lowest BCUT2D eigenvalue weighted by atomic mass is 9.97. The smallest absolute Gasteiger partial charge is 0.339 e. The Balaban J connectivity index is 2.17. The van der Waals surface area contributed by atoms with Gasteiger partial charge in [0.2, 0.25) is 0 Å². The van der Waals surface area contributed by atoms with Crippen molar-refractivity contribution >= 4 is 17.8 Å². The van der Waals surface area contributed by atoms with Crippen molar-refractivity contribution in [2.45, 2.75) is 19.8 Å². The lowest BCUT2D eigenvalue weighted by Crippen LogP contribution is -2.43. The van der Waals surface area contributed by atoms with Crippen LogP contribution in [-0.4, -0.2) is 57.3 Å². The highest BCUT2D eigenvalue weighted by Crippen LogP contribution is 2.21. The highest BCUT2D eigenvalue weighted by molar-refractivity contribution is 6.03. The molecule has 0 spiro atoms. The Morgan fingerprint density at radius 3 is 2.82 bits per heavy atom. The van der Waals surface area contributed by atoms with Gasteiger partial charge in [0.05, 0.1) is 18.7 Å². The normalized spacial score (nSPS) is 18.1. The molecule has 1 saturated heterocycles. The largest absolute Gasteiger partial charge is 0.478 e. The first-order chi connectivity index (χ1) is 10.5. The minimum atomic E-state index is -1.20. The molecule has 1 aliphatic rings. The Kier molecular flexibility index (Phi) is 4.79. The molecule has 1 unspecified atom stereocenters. The van der Waals surface area contributed by atoms with Gasteiger partial charge < -0.3 is 14.7 Å². The van der Waals surface area contributed by atoms with Gasteiger partial charge in [-0.3, -0.25) is 14.3 Å². The predicted molar refractivity (Wildman–Crippen MR) is 75.4 cm³/mol. The third-order valence-electron chi connectivity index (χ3n) is 3.70. The Morgan fingerprint density at radius 2 is 2.18 bits per heavy atom. The zero-order valence-corrected chi connectivity index (χ0v) is 12.6. The molecule has 1 fully saturated rings. The molecular weight excluding hydrogens is 290 g/mol. The average molecular weight is 309 g/mol. The molecule has 2 heterocycles. The highest BCUT2D eigenvalue weighted by Gasteiger charge is 2.32. The molecule has 0 radical (unpaired) electrons. The number of carbonyl (C=O) groups is 3. The van der Waals surface area contributed by atoms with Crippen LogP contribution in [0.15, 0.2) is 6.20 Å². The summed E-state index contributed by atoms with van der Waals surface area (Å²) in [5, 5.41) is 13.0. The van der Waals surface area contributed by atoms with E-state index in [0.717, 1.165) is 6.20 Å². The van der Waals surface area contributed by atoms with Gasteiger partial charge >= 0.3 is 11.9 Å². The van der Waals surface area contributed by atoms with E-state index in [0.29, 0.717) is 26.0 Å². The summed E-state index contributed by atoms with van der Waals surface area (Å²) in [6.07, 6.45) is 2.50. The van der Waals surface area contributed by atoms with Crippen LogP contribution in [-0.2, 0) is 16.6 Å². The molecule has 0 saturated carbocycles. The maximum Gasteiger partial charge on any atom is 0.339 e. The molecule has 2 rings (SSSR count). The number of carboxylic acids is 1. The fraction of sp³-hybridized carbons (Fsp3) is 0.571. The van der Waals surface area contributed by atoms with E-state index in [-0.39, 0.29) is 29.7 Å². The Morgan fingerprint density at radius 1 is 1.45 bits per heavy atom. The molecule has 8 nitrogen and oxygen atoms in total. The van der Waals surface area contributed by atoms with Gasteiger partial charge in [-0.05, 0) is 19.8 Å². The summed E-state index contributed by atoms with van der Waals surface area (Å²) in [5.74, 6) is -2.30. The molecule has 8 heteroatoms. The van der Waals surface area contributed by atoms with Crippen molar-refractivity contribution in [2.24, 2.45) is 13.0 Å². The predicted octanol–water partition coefficient (Wildman–Crippen LogP) is 0.534. The fourth-order valence-electron chi connectivity index (χ4n) is 2.61. The third-order valence-corrected chi connectivity index (χ3v) is 3.70. The summed E-state index contributed by atoms with van der Waals surface area (Å²) in [6.45, 7) is 2.76. The molecule has 120 valence electrons. The molecule has 0 aromatic carbocycles. The first-order valence-electron chi connectivity index (χ1n) is 7.16. The number of esters is 1. The monoisotopic (exact) mass is 309 g/mol. The van der Waals surface area contributed by atoms with E-state index in [1.54, 1.807) is 6.92 Å². The number of carbonyl (C=O) groups excluding carboxylic acids is 2. The van der Waals surface area contributed by atoms with Gasteiger partial charge in [-0.2, -0.15) is 5.10 Å². The van der Waals surface area contributed by atoms with Crippen molar-refractivity contribution < 1.29 is 24.2 Å². The number of amides is 1. The van der Waals surface area contributed by atoms with E-state index < -0.39 is 11.9 Å². The second kappa shape index (κ2) is 6.59. The molecule has 1 atom stereocenters. The molecule has 1 N–H and O–H groups in total. The summed E-state index contributed by atoms with van der Waals surface area (Å²) >= 11 is 0. The van der Waals surface area contributed by atoms with Crippen molar-refractivity contribution in [2.75, 3.05) is 19.7 Å². The number of aromatic carboxylic acids is 1. The van der Waals surface area contributed by atoms with Gasteiger partial charge in [-0.1, -0.05) is 0 Å². The summed E-state index contributed by atoms with van der Waals surface area (Å²) in [5.41, 5.74) is -0.109. The quantitative estimate of drug-likeness (QED) is 0.814. The fourth-order valence-corrected chi connectivity index (χ4v) is 2.61. The molecular formula is C14H19N3O5. The first kappa shape index (κ1) is 16.0. The van der Waals surface area contributed by atoms with Gasteiger partial charge in [0.1, 0.15) is 11.3 Å². The van der Waals surface area contributed by atoms with Crippen molar-refractivity contribution in [1.29, 1.82) is 0 Å². The van der Waals surface area contributed by atoms with Gasteiger partial charge in [0.15, 0.2) is 0 Å². The highest BCUT2D eigenvalue weighted by atomic mass is 16.5. The van der Waals surface area contributed by atoms with Crippen LogP contribution in [0.5, 0.6) is 0 Å². The van der Waals surface area contributed by atoms with Crippen LogP contribution in [0.25, 0.3) is 0 Å². The van der Waals surface area contributed by atoms with Crippen molar-refractivity contribution in [3.8, 4) is 0 Å². The summed E-state index contributed by atoms with van der Waals surface area (Å²) in [7, 11) is 1.52. The third kappa shape index (κ3) is 3.10. The van der Waals surface area contributed by atoms with Crippen molar-refractivity contribution in [1.82, 2.24) is 14.7 Å². The average Bonchev–Trinajstić information content (AvgIpc) is 2.89. The summed E-state index contributed by atoms with van der Waals surface area (Å²) in [4.78, 5) is 37.1. The molecule has 1 amide bonds. The number of piperidine rings is 1. The zero-order valence-electron chi connectivity index (χ0n) is 12.6. The van der Waals surface area contributed by atoms with Crippen LogP contribution in [0.4, 0.5) is 0 Å². The van der Waals surface area contributed by atoms with Gasteiger partial charge in [-0.25, -0.2) is 4.79 Å². The van der Waals surface area contributed by atoms with E-state index in [1.165, 1.54) is 16.6 Å². The Labute approximate surface area is 127 Å². The number of hydrogen-bond donors (Lipinski definition) is 1. The van der Waals surface area contributed by atoms with E-state index in [1.807, 2.05) is 0 Å². The van der Waals surface area contributed by atoms with E-state index in [4.69, 9.17) is 9.84 Å². The van der Waals surface area contributed by atoms with Crippen molar-refractivity contribution in [3.63, 3.8) is 0 Å². The number of rotatable bonds is 4. The minimum absolute atomic E-state index is 0.0250. The molecule has 1 aliphatic heterocycles. The maximum absolute atomic E-state index is 12.6. The number of hydrogen-bond acceptors (Lipinski definition) is 5. The molecule has 1 aromatic rings. The lowest BCUT2D eigenvalue weighted by Gasteiger charge is -2.31. The minimum Gasteiger partial charge on any atom is -0.478 e. The van der Waals surface area contributed by atoms with Gasteiger partial charge in [0.25, 0.3) is 5.91 Å². The van der Waals surface area contributed by atoms with Crippen LogP contribution in [0.3, 0.4) is 0 Å². The van der Waals surface area contributed by atoms with Crippen LogP contribution < -0.4 is 0 Å². The van der Waals surface area contributed by atoms with Crippen LogP contribution in [0.2, 0.25) is 0 Å². The van der Waals surface area contributed by atoms with E-state index in [9.17, 15) is 14.4 Å². The SMILES string of the molecule is CCOC(=O)C1CCCN(C(=O)c2c(C(=O)O)cnn2C)C1. The second-order valence-electron chi connectivity index (χ2n) is 5.18. The van der Waals surface area contributed by atoms with Crippen LogP contribution >= 0.6 is 0 Å². The summed E-state index contributed by atoms with van der Waals surface area (Å²) in [6, 6.07) is 0. The standard InChI is InChI=1S/C14H19N3O5/c1-3-22-14(21)9-5-4-6-17(8-9)12(18)11-10(13(19)20)7-15-16(11)2/h7,9H,3-6,8H2,1-2H3,(H,19,20). The topological polar surface area (TPSA) is 102 Å². The van der Waals surface area contributed by atoms with Gasteiger partial charge in [0, 0.05) is 20.1 Å². The Bertz CT molecular complexity index is 595. The first-order valence-corrected chi connectivity index (χ1v) is 7.16. The maximum atomic E-state index is 12.6. The summed E-state index contributed by atoms with van der Waals surface area (Å²) < 4.78 is 6.25. The molecule has 0 aliphatic carbocycles. The molecule has 0 bridgehead atoms. The van der Waals surface area contributed by atoms with Crippen LogP contribution in [0.1, 0.15) is 40.6 Å². The molecule has 1 aromatic heterocycles. The number of carboxylic acid groups (broad SMARTS) is 1. The second-order valence-corrected chi connectivity index (χ2v) is 5.18. The van der Waals surface area contributed by atoms with Crippen LogP contribution in [0, 0.1) is 5.92 Å². The van der Waals surface area contributed by atoms with E-state index in [2.05, 4.69) is 5.10 Å². The molecule has 22 heavy (non-hydrogen) atoms. The van der Waals surface area contributed by atoms with Crippen molar-refractivity contribution in [3.05, 3.63) is 17.5 Å². The van der Waals surface area contributed by atoms with Gasteiger partial charge in [-0.15, -0.1) is 0 Å².